The van der Waals surface area contributed by atoms with Gasteiger partial charge in [0.05, 0.1) is 18.5 Å². The van der Waals surface area contributed by atoms with Crippen molar-refractivity contribution in [2.75, 3.05) is 26.2 Å². The topological polar surface area (TPSA) is 418 Å². The molecule has 0 saturated heterocycles. The first-order chi connectivity index (χ1) is 41.0. The van der Waals surface area contributed by atoms with E-state index in [1.807, 2.05) is 12.1 Å². The van der Waals surface area contributed by atoms with E-state index in [2.05, 4.69) is 31.9 Å². The van der Waals surface area contributed by atoms with Crippen LogP contribution in [0.1, 0.15) is 117 Å². The number of primary amides is 1. The summed E-state index contributed by atoms with van der Waals surface area (Å²) < 4.78 is 63.5. The molecule has 0 bridgehead atoms. The number of benzene rings is 2. The zero-order valence-electron chi connectivity index (χ0n) is 49.3. The number of aliphatic hydroxyl groups excluding tert-OH is 1. The zero-order valence-corrected chi connectivity index (χ0v) is 49.3. The smallest absolute Gasteiger partial charge is 0.481 e. The summed E-state index contributed by atoms with van der Waals surface area (Å²) in [5, 5.41) is 50.7. The normalized spacial score (nSPS) is 13.6. The average molecular weight is 1250 g/mol. The van der Waals surface area contributed by atoms with Gasteiger partial charge in [-0.1, -0.05) is 58.0 Å². The van der Waals surface area contributed by atoms with Crippen LogP contribution in [0.3, 0.4) is 0 Å². The van der Waals surface area contributed by atoms with Crippen molar-refractivity contribution in [1.82, 2.24) is 41.4 Å². The fraction of sp³-hybridized carbons (Fsp3) is 0.509. The van der Waals surface area contributed by atoms with E-state index >= 15 is 4.39 Å². The summed E-state index contributed by atoms with van der Waals surface area (Å²) in [6.07, 6.45) is -5.59. The fourth-order valence-corrected chi connectivity index (χ4v) is 8.82. The van der Waals surface area contributed by atoms with Gasteiger partial charge in [-0.25, -0.2) is 18.4 Å². The molecule has 0 radical (unpaired) electrons. The maximum atomic E-state index is 15.4. The number of amides is 8. The number of aliphatic carboxylic acids is 3. The number of aliphatic hydroxyl groups is 1. The van der Waals surface area contributed by atoms with E-state index in [4.69, 9.17) is 26.5 Å². The van der Waals surface area contributed by atoms with Crippen LogP contribution in [0.25, 0.3) is 11.1 Å². The Labute approximate surface area is 503 Å². The molecule has 31 heteroatoms. The summed E-state index contributed by atoms with van der Waals surface area (Å²) in [6, 6.07) is 5.31. The molecule has 3 aromatic rings. The molecule has 8 amide bonds. The van der Waals surface area contributed by atoms with Crippen molar-refractivity contribution in [2.24, 2.45) is 22.8 Å². The summed E-state index contributed by atoms with van der Waals surface area (Å²) in [4.78, 5) is 153. The van der Waals surface area contributed by atoms with E-state index in [1.54, 1.807) is 55.8 Å². The first kappa shape index (κ1) is 75.2. The summed E-state index contributed by atoms with van der Waals surface area (Å²) in [6.45, 7) is 7.75. The summed E-state index contributed by atoms with van der Waals surface area (Å²) in [5.74, 6) is -16.0. The Kier molecular flexibility index (Phi) is 30.5. The Morgan fingerprint density at radius 2 is 1.31 bits per heavy atom. The lowest BCUT2D eigenvalue weighted by Crippen LogP contribution is -2.56. The minimum atomic E-state index is -5.08. The van der Waals surface area contributed by atoms with Crippen LogP contribution >= 0.6 is 0 Å². The summed E-state index contributed by atoms with van der Waals surface area (Å²) in [7, 11) is 0. The number of hydrogen-bond acceptors (Lipinski definition) is 14. The quantitative estimate of drug-likeness (QED) is 0.0300. The van der Waals surface area contributed by atoms with E-state index in [-0.39, 0.29) is 24.1 Å². The lowest BCUT2D eigenvalue weighted by atomic mass is 9.82. The largest absolute Gasteiger partial charge is 0.490 e. The molecule has 3 rings (SSSR count). The first-order valence-corrected chi connectivity index (χ1v) is 27.6. The number of aromatic nitrogens is 1. The van der Waals surface area contributed by atoms with Crippen LogP contribution < -0.4 is 43.4 Å². The summed E-state index contributed by atoms with van der Waals surface area (Å²) >= 11 is 0. The van der Waals surface area contributed by atoms with Gasteiger partial charge in [-0.2, -0.15) is 13.2 Å². The maximum Gasteiger partial charge on any atom is 0.490 e. The minimum Gasteiger partial charge on any atom is -0.481 e. The monoisotopic (exact) mass is 1250 g/mol. The molecule has 0 aliphatic carbocycles. The molecule has 0 aliphatic rings. The van der Waals surface area contributed by atoms with Crippen molar-refractivity contribution in [3.05, 3.63) is 83.7 Å². The fourth-order valence-electron chi connectivity index (χ4n) is 8.82. The molecule has 0 fully saturated rings. The van der Waals surface area contributed by atoms with Crippen molar-refractivity contribution in [3.8, 4) is 11.1 Å². The second-order valence-electron chi connectivity index (χ2n) is 21.6. The minimum absolute atomic E-state index is 0.0949. The molecule has 0 unspecified atom stereocenters. The lowest BCUT2D eigenvalue weighted by Gasteiger charge is -2.41. The molecule has 0 saturated carbocycles. The predicted octanol–water partition coefficient (Wildman–Crippen LogP) is 1.93. The highest BCUT2D eigenvalue weighted by molar-refractivity contribution is 5.97. The number of alkyl halides is 3. The third-order valence-corrected chi connectivity index (χ3v) is 13.2. The van der Waals surface area contributed by atoms with Crippen molar-refractivity contribution in [1.29, 1.82) is 0 Å². The molecular weight excluding hydrogens is 1180 g/mol. The molecular formula is C57H77F5N10O16. The van der Waals surface area contributed by atoms with Gasteiger partial charge in [0.1, 0.15) is 42.4 Å². The average Bonchev–Trinajstić information content (AvgIpc) is 3.94. The highest BCUT2D eigenvalue weighted by Gasteiger charge is 2.40. The highest BCUT2D eigenvalue weighted by Crippen LogP contribution is 2.41. The van der Waals surface area contributed by atoms with Crippen LogP contribution in [0.5, 0.6) is 0 Å². The molecule has 1 aromatic heterocycles. The number of unbranched alkanes of at least 4 members (excludes halogenated alkanes) is 1. The second kappa shape index (κ2) is 35.7. The number of nitrogens with one attached hydrogen (secondary N) is 6. The number of carboxylic acid groups (broad SMARTS) is 3. The van der Waals surface area contributed by atoms with E-state index in [0.717, 1.165) is 23.8 Å². The molecule has 486 valence electrons. The van der Waals surface area contributed by atoms with Gasteiger partial charge in [-0.3, -0.25) is 47.9 Å². The Hall–Kier alpha value is -8.87. The van der Waals surface area contributed by atoms with Crippen molar-refractivity contribution in [2.45, 2.75) is 148 Å². The predicted molar refractivity (Wildman–Crippen MR) is 303 cm³/mol. The highest BCUT2D eigenvalue weighted by atomic mass is 19.4. The Morgan fingerprint density at radius 3 is 1.85 bits per heavy atom. The van der Waals surface area contributed by atoms with Gasteiger partial charge in [0.2, 0.25) is 47.3 Å². The Bertz CT molecular complexity index is 2940. The van der Waals surface area contributed by atoms with Gasteiger partial charge >= 0.3 is 24.1 Å². The molecule has 7 atom stereocenters. The molecule has 0 aliphatic heterocycles. The van der Waals surface area contributed by atoms with Crippen molar-refractivity contribution in [3.63, 3.8) is 0 Å². The number of halogens is 5. The number of carbonyl (C=O) groups excluding carboxylic acids is 9. The number of Topliss-reactive ketones (excluding diaryl/α,β-unsaturated/α-hetero) is 1. The van der Waals surface area contributed by atoms with Crippen molar-refractivity contribution < 1.29 is 99.9 Å². The third-order valence-electron chi connectivity index (χ3n) is 13.2. The molecule has 1 heterocycles. The van der Waals surface area contributed by atoms with E-state index in [1.165, 1.54) is 25.7 Å². The number of carbonyl (C=O) groups is 12. The van der Waals surface area contributed by atoms with Crippen LogP contribution in [0, 0.1) is 23.0 Å². The lowest BCUT2D eigenvalue weighted by molar-refractivity contribution is -0.192. The van der Waals surface area contributed by atoms with Crippen LogP contribution in [0.4, 0.5) is 22.0 Å². The van der Waals surface area contributed by atoms with Crippen LogP contribution in [-0.4, -0.2) is 163 Å². The van der Waals surface area contributed by atoms with E-state index in [0.29, 0.717) is 25.1 Å². The van der Waals surface area contributed by atoms with Crippen LogP contribution in [-0.2, 0) is 64.1 Å². The van der Waals surface area contributed by atoms with Crippen LogP contribution in [0.15, 0.2) is 60.8 Å². The van der Waals surface area contributed by atoms with E-state index in [9.17, 15) is 80.5 Å². The number of hydrogen-bond donors (Lipinski definition) is 12. The third kappa shape index (κ3) is 26.0. The number of nitrogens with zero attached hydrogens (tertiary/aromatic N) is 2. The second-order valence-corrected chi connectivity index (χ2v) is 21.6. The number of nitrogens with two attached hydrogens (primary N) is 2. The van der Waals surface area contributed by atoms with Gasteiger partial charge in [0.15, 0.2) is 5.78 Å². The molecule has 2 aromatic carbocycles. The summed E-state index contributed by atoms with van der Waals surface area (Å²) in [5.41, 5.74) is 11.4. The maximum absolute atomic E-state index is 15.4. The van der Waals surface area contributed by atoms with Gasteiger partial charge in [0.25, 0.3) is 0 Å². The SMILES string of the molecule is CC(=O)N[C@@H](CCCCN)C(=O)N[C@@H](C)C(=O)C[C@H](C)C(=O)N[C@@H](CC(N)=O)C(=O)N[C@@H](CCN(C(=O)CO)[C@@H](c1cc(-c2cc(F)ccc2F)cn1Cc1ccccc1)C(C)(C)C)C(=O)NCCC(=O)N[C@H](CCC(=O)O)C(=O)O.O=C(O)C(F)(F)F. The van der Waals surface area contributed by atoms with Gasteiger partial charge in [-0.15, -0.1) is 0 Å². The standard InChI is InChI=1S/C55H76F2N10O14.C2HF3O2/c1-31(24-44(70)32(2)61-52(78)39(62-33(3)69)14-10-11-21-58)50(76)65-42(27-45(59)71)53(79)64-40(51(77)60-22-19-46(72)63-41(54(80)81)17-18-48(74)75)20-23-67(47(73)30-68)49(55(4,5)6)43-25-35(37-26-36(56)15-16-38(37)57)29-66(43)28-34-12-8-7-9-13-34;3-2(4,5)1(6)7/h7-9,12-13,15-16,25-26,29,31-32,39-42,49,68H,10-11,14,17-24,27-28,30,58H2,1-6H3,(H2,59,71)(H,60,77)(H,61,78)(H,62,69)(H,63,72)(H,64,79)(H,65,76)(H,74,75)(H,80,81);(H,6,7)/t31-,32-,39-,40-,41+,42-,49-;/m0./s1. The number of ketones is 1. The van der Waals surface area contributed by atoms with Crippen LogP contribution in [0.2, 0.25) is 0 Å². The molecule has 26 nitrogen and oxygen atoms in total. The molecule has 0 spiro atoms. The Morgan fingerprint density at radius 1 is 0.705 bits per heavy atom. The number of rotatable bonds is 34. The zero-order chi connectivity index (χ0) is 66.8. The van der Waals surface area contributed by atoms with E-state index < -0.39 is 195 Å². The number of carboxylic acids is 3. The van der Waals surface area contributed by atoms with Gasteiger partial charge < -0.3 is 73.3 Å². The molecule has 14 N–H and O–H groups in total. The van der Waals surface area contributed by atoms with Gasteiger partial charge in [-0.05, 0) is 80.8 Å². The first-order valence-electron chi connectivity index (χ1n) is 27.6. The van der Waals surface area contributed by atoms with Crippen molar-refractivity contribution >= 4 is 70.9 Å². The molecule has 88 heavy (non-hydrogen) atoms. The van der Waals surface area contributed by atoms with Gasteiger partial charge in [0, 0.05) is 74.8 Å². The Balaban J connectivity index is 0.00000354.